The maximum Gasteiger partial charge on any atom is 0.402 e. The first-order chi connectivity index (χ1) is 8.53. The summed E-state index contributed by atoms with van der Waals surface area (Å²) in [5.74, 6) is -4.15. The van der Waals surface area contributed by atoms with Gasteiger partial charge in [0.15, 0.2) is 5.78 Å². The number of carbonyl (C=O) groups excluding carboxylic acids is 2. The van der Waals surface area contributed by atoms with E-state index in [1.165, 1.54) is 26.0 Å². The van der Waals surface area contributed by atoms with E-state index in [-0.39, 0.29) is 9.15 Å². The monoisotopic (exact) mass is 388 g/mol. The average molecular weight is 388 g/mol. The summed E-state index contributed by atoms with van der Waals surface area (Å²) < 4.78 is 43.7. The van der Waals surface area contributed by atoms with Gasteiger partial charge in [-0.2, -0.15) is 13.2 Å². The van der Waals surface area contributed by atoms with Crippen LogP contribution in [0.25, 0.3) is 0 Å². The molecule has 7 heteroatoms. The second-order valence-corrected chi connectivity index (χ2v) is 5.75. The standard InChI is InChI=1S/C12H12F3IO3/c1-11(2,10(18)19-3)6-4-5-7(16)9(17)8(6)12(13,14)15/h4-5,8H,1-3H3. The van der Waals surface area contributed by atoms with E-state index in [1.807, 2.05) is 0 Å². The lowest BCUT2D eigenvalue weighted by Crippen LogP contribution is -2.42. The van der Waals surface area contributed by atoms with E-state index < -0.39 is 29.3 Å². The quantitative estimate of drug-likeness (QED) is 0.539. The number of esters is 1. The largest absolute Gasteiger partial charge is 0.468 e. The summed E-state index contributed by atoms with van der Waals surface area (Å²) in [6.45, 7) is 2.62. The van der Waals surface area contributed by atoms with Crippen LogP contribution in [0.4, 0.5) is 13.2 Å². The molecule has 1 aliphatic carbocycles. The Kier molecular flexibility index (Phi) is 4.48. The number of halogens is 4. The molecule has 19 heavy (non-hydrogen) atoms. The minimum absolute atomic E-state index is 0.00987. The van der Waals surface area contributed by atoms with Crippen molar-refractivity contribution in [1.29, 1.82) is 0 Å². The van der Waals surface area contributed by atoms with Gasteiger partial charge in [-0.3, -0.25) is 9.59 Å². The number of ether oxygens (including phenoxy) is 1. The fraction of sp³-hybridized carbons (Fsp3) is 0.500. The van der Waals surface area contributed by atoms with E-state index in [2.05, 4.69) is 4.74 Å². The van der Waals surface area contributed by atoms with Crippen LogP contribution in [0.1, 0.15) is 13.8 Å². The molecule has 0 bridgehead atoms. The van der Waals surface area contributed by atoms with Crippen LogP contribution in [-0.2, 0) is 14.3 Å². The van der Waals surface area contributed by atoms with Crippen LogP contribution in [0, 0.1) is 11.3 Å². The highest BCUT2D eigenvalue weighted by Crippen LogP contribution is 2.45. The zero-order chi connectivity index (χ0) is 15.0. The second-order valence-electron chi connectivity index (χ2n) is 4.59. The molecule has 0 aromatic heterocycles. The predicted molar refractivity (Wildman–Crippen MR) is 70.5 cm³/mol. The summed E-state index contributed by atoms with van der Waals surface area (Å²) in [6, 6.07) is 0. The van der Waals surface area contributed by atoms with Crippen LogP contribution in [-0.4, -0.2) is 25.0 Å². The van der Waals surface area contributed by atoms with E-state index in [4.69, 9.17) is 0 Å². The summed E-state index contributed by atoms with van der Waals surface area (Å²) in [5.41, 5.74) is -1.81. The van der Waals surface area contributed by atoms with Crippen LogP contribution in [0.15, 0.2) is 21.3 Å². The summed E-state index contributed by atoms with van der Waals surface area (Å²) in [6.07, 6.45) is -2.28. The molecule has 0 amide bonds. The van der Waals surface area contributed by atoms with E-state index in [1.54, 1.807) is 22.6 Å². The van der Waals surface area contributed by atoms with Crippen molar-refractivity contribution in [3.05, 3.63) is 21.3 Å². The Morgan fingerprint density at radius 1 is 1.32 bits per heavy atom. The smallest absolute Gasteiger partial charge is 0.402 e. The van der Waals surface area contributed by atoms with Gasteiger partial charge in [-0.15, -0.1) is 0 Å². The Morgan fingerprint density at radius 3 is 2.26 bits per heavy atom. The molecule has 0 spiro atoms. The minimum Gasteiger partial charge on any atom is -0.468 e. The molecule has 1 atom stereocenters. The molecule has 0 saturated carbocycles. The van der Waals surface area contributed by atoms with E-state index >= 15 is 0 Å². The van der Waals surface area contributed by atoms with E-state index in [9.17, 15) is 22.8 Å². The number of allylic oxidation sites excluding steroid dienone is 3. The SMILES string of the molecule is COC(=O)C(C)(C)C1=CC=C(I)C(=O)C1C(F)(F)F. The number of methoxy groups -OCH3 is 1. The van der Waals surface area contributed by atoms with Crippen molar-refractivity contribution in [2.75, 3.05) is 7.11 Å². The van der Waals surface area contributed by atoms with Crippen molar-refractivity contribution in [3.63, 3.8) is 0 Å². The minimum atomic E-state index is -4.74. The molecule has 0 saturated heterocycles. The van der Waals surface area contributed by atoms with Gasteiger partial charge in [0.1, 0.15) is 5.92 Å². The third-order valence-corrected chi connectivity index (χ3v) is 3.85. The van der Waals surface area contributed by atoms with Crippen molar-refractivity contribution in [2.45, 2.75) is 20.0 Å². The molecule has 0 N–H and O–H groups in total. The molecule has 106 valence electrons. The first kappa shape index (κ1) is 16.2. The maximum absolute atomic E-state index is 13.1. The molecule has 0 radical (unpaired) electrons. The number of hydrogen-bond acceptors (Lipinski definition) is 3. The summed E-state index contributed by atoms with van der Waals surface area (Å²) in [4.78, 5) is 23.4. The number of ketones is 1. The molecule has 0 aromatic rings. The number of hydrogen-bond donors (Lipinski definition) is 0. The normalized spacial score (nSPS) is 20.8. The average Bonchev–Trinajstić information content (AvgIpc) is 2.29. The van der Waals surface area contributed by atoms with Gasteiger partial charge in [-0.25, -0.2) is 0 Å². The van der Waals surface area contributed by atoms with Crippen molar-refractivity contribution in [2.24, 2.45) is 11.3 Å². The topological polar surface area (TPSA) is 43.4 Å². The van der Waals surface area contributed by atoms with Gasteiger partial charge in [-0.05, 0) is 48.1 Å². The number of carbonyl (C=O) groups is 2. The molecular formula is C12H12F3IO3. The summed E-state index contributed by atoms with van der Waals surface area (Å²) >= 11 is 1.55. The molecule has 0 fully saturated rings. The van der Waals surface area contributed by atoms with Crippen LogP contribution >= 0.6 is 22.6 Å². The fourth-order valence-electron chi connectivity index (χ4n) is 1.89. The van der Waals surface area contributed by atoms with Gasteiger partial charge in [-0.1, -0.05) is 6.08 Å². The number of alkyl halides is 3. The van der Waals surface area contributed by atoms with Gasteiger partial charge in [0.2, 0.25) is 0 Å². The Hall–Kier alpha value is -0.860. The Bertz CT molecular complexity index is 475. The van der Waals surface area contributed by atoms with Gasteiger partial charge in [0, 0.05) is 0 Å². The third kappa shape index (κ3) is 3.01. The predicted octanol–water partition coefficient (Wildman–Crippen LogP) is 3.19. The van der Waals surface area contributed by atoms with Crippen molar-refractivity contribution >= 4 is 34.3 Å². The fourth-order valence-corrected chi connectivity index (χ4v) is 2.38. The molecule has 0 aromatic carbocycles. The lowest BCUT2D eigenvalue weighted by Gasteiger charge is -2.33. The van der Waals surface area contributed by atoms with Crippen LogP contribution in [0.3, 0.4) is 0 Å². The molecular weight excluding hydrogens is 376 g/mol. The third-order valence-electron chi connectivity index (χ3n) is 2.96. The molecule has 3 nitrogen and oxygen atoms in total. The van der Waals surface area contributed by atoms with Gasteiger partial charge < -0.3 is 4.74 Å². The highest BCUT2D eigenvalue weighted by molar-refractivity contribution is 14.1. The summed E-state index contributed by atoms with van der Waals surface area (Å²) in [5, 5.41) is 0. The first-order valence-electron chi connectivity index (χ1n) is 5.30. The van der Waals surface area contributed by atoms with Crippen LogP contribution < -0.4 is 0 Å². The van der Waals surface area contributed by atoms with Crippen LogP contribution in [0.2, 0.25) is 0 Å². The maximum atomic E-state index is 13.1. The Balaban J connectivity index is 3.37. The highest BCUT2D eigenvalue weighted by Gasteiger charge is 2.53. The molecule has 0 aliphatic heterocycles. The number of Topliss-reactive ketones (excluding diaryl/α,β-unsaturated/α-hetero) is 1. The lowest BCUT2D eigenvalue weighted by atomic mass is 9.73. The molecule has 1 aliphatic rings. The zero-order valence-electron chi connectivity index (χ0n) is 10.5. The molecule has 0 heterocycles. The van der Waals surface area contributed by atoms with Crippen LogP contribution in [0.5, 0.6) is 0 Å². The highest BCUT2D eigenvalue weighted by atomic mass is 127. The Morgan fingerprint density at radius 2 is 1.84 bits per heavy atom. The second kappa shape index (κ2) is 5.26. The van der Waals surface area contributed by atoms with E-state index in [0.29, 0.717) is 0 Å². The van der Waals surface area contributed by atoms with Crippen molar-refractivity contribution in [1.82, 2.24) is 0 Å². The Labute approximate surface area is 122 Å². The summed E-state index contributed by atoms with van der Waals surface area (Å²) in [7, 11) is 1.09. The zero-order valence-corrected chi connectivity index (χ0v) is 12.6. The van der Waals surface area contributed by atoms with E-state index in [0.717, 1.165) is 7.11 Å². The molecule has 1 rings (SSSR count). The van der Waals surface area contributed by atoms with Gasteiger partial charge >= 0.3 is 12.1 Å². The van der Waals surface area contributed by atoms with Crippen molar-refractivity contribution < 1.29 is 27.5 Å². The molecule has 1 unspecified atom stereocenters. The van der Waals surface area contributed by atoms with Gasteiger partial charge in [0.05, 0.1) is 16.1 Å². The lowest BCUT2D eigenvalue weighted by molar-refractivity contribution is -0.175. The van der Waals surface area contributed by atoms with Gasteiger partial charge in [0.25, 0.3) is 0 Å². The number of rotatable bonds is 2. The van der Waals surface area contributed by atoms with Crippen molar-refractivity contribution in [3.8, 4) is 0 Å². The first-order valence-corrected chi connectivity index (χ1v) is 6.38.